The number of ether oxygens (including phenoxy) is 1. The number of amides is 1. The Morgan fingerprint density at radius 2 is 2.19 bits per heavy atom. The van der Waals surface area contributed by atoms with Crippen LogP contribution in [-0.4, -0.2) is 65.2 Å². The molecule has 7 nitrogen and oxygen atoms in total. The Morgan fingerprint density at radius 3 is 2.81 bits per heavy atom. The Balaban J connectivity index is 1.74. The molecule has 0 spiro atoms. The van der Waals surface area contributed by atoms with Crippen molar-refractivity contribution in [3.63, 3.8) is 0 Å². The molecule has 1 amide bonds. The highest BCUT2D eigenvalue weighted by molar-refractivity contribution is 6.16. The maximum atomic E-state index is 15.1. The standard InChI is InChI=1S/C19H24FN3O4/c1-10-16-13(11-2-3-11)6-14(19(25)26)18(24)23(16)9-15(20)17(10)22-4-5-27-12(7-21)8-22/h6,9,11-13,16H,2-5,7-8,21H2,1H3,(H,25,26)/t12-,13?,16?/m1/s1. The summed E-state index contributed by atoms with van der Waals surface area (Å²) in [6.45, 7) is 3.71. The lowest BCUT2D eigenvalue weighted by atomic mass is 9.81. The van der Waals surface area contributed by atoms with Gasteiger partial charge in [-0.15, -0.1) is 0 Å². The summed E-state index contributed by atoms with van der Waals surface area (Å²) in [5.41, 5.74) is 6.70. The van der Waals surface area contributed by atoms with Crippen LogP contribution in [0.5, 0.6) is 0 Å². The number of carbonyl (C=O) groups excluding carboxylic acids is 1. The molecule has 146 valence electrons. The first kappa shape index (κ1) is 18.2. The third-order valence-corrected chi connectivity index (χ3v) is 5.90. The Morgan fingerprint density at radius 1 is 1.44 bits per heavy atom. The van der Waals surface area contributed by atoms with Crippen LogP contribution in [0.3, 0.4) is 0 Å². The lowest BCUT2D eigenvalue weighted by Crippen LogP contribution is -2.52. The molecule has 1 saturated heterocycles. The van der Waals surface area contributed by atoms with Gasteiger partial charge in [0.1, 0.15) is 5.57 Å². The van der Waals surface area contributed by atoms with Gasteiger partial charge in [0.15, 0.2) is 5.83 Å². The van der Waals surface area contributed by atoms with Crippen molar-refractivity contribution in [2.75, 3.05) is 26.2 Å². The average Bonchev–Trinajstić information content (AvgIpc) is 3.47. The molecule has 8 heteroatoms. The molecule has 0 aromatic carbocycles. The van der Waals surface area contributed by atoms with Crippen LogP contribution in [0.15, 0.2) is 34.9 Å². The number of carboxylic acids is 1. The number of nitrogens with zero attached hydrogens (tertiary/aromatic N) is 2. The molecule has 1 saturated carbocycles. The van der Waals surface area contributed by atoms with Gasteiger partial charge in [-0.1, -0.05) is 6.08 Å². The van der Waals surface area contributed by atoms with Crippen molar-refractivity contribution in [3.8, 4) is 0 Å². The number of hydrogen-bond acceptors (Lipinski definition) is 5. The van der Waals surface area contributed by atoms with Crippen LogP contribution < -0.4 is 5.73 Å². The number of halogens is 1. The molecular weight excluding hydrogens is 353 g/mol. The molecule has 3 N–H and O–H groups in total. The summed E-state index contributed by atoms with van der Waals surface area (Å²) in [6, 6.07) is -0.346. The van der Waals surface area contributed by atoms with E-state index in [1.165, 1.54) is 11.1 Å². The first-order valence-corrected chi connectivity index (χ1v) is 9.35. The molecule has 1 aliphatic carbocycles. The molecule has 0 aromatic heterocycles. The molecule has 4 rings (SSSR count). The normalized spacial score (nSPS) is 31.5. The fourth-order valence-corrected chi connectivity index (χ4v) is 4.46. The predicted octanol–water partition coefficient (Wildman–Crippen LogP) is 0.992. The molecule has 3 atom stereocenters. The summed E-state index contributed by atoms with van der Waals surface area (Å²) in [4.78, 5) is 27.4. The third kappa shape index (κ3) is 3.06. The van der Waals surface area contributed by atoms with E-state index in [1.807, 2.05) is 11.8 Å². The van der Waals surface area contributed by atoms with Gasteiger partial charge >= 0.3 is 5.97 Å². The van der Waals surface area contributed by atoms with E-state index in [2.05, 4.69) is 0 Å². The highest BCUT2D eigenvalue weighted by Crippen LogP contribution is 2.47. The van der Waals surface area contributed by atoms with Crippen LogP contribution in [0, 0.1) is 11.8 Å². The van der Waals surface area contributed by atoms with E-state index in [1.54, 1.807) is 6.08 Å². The highest BCUT2D eigenvalue weighted by Gasteiger charge is 2.48. The van der Waals surface area contributed by atoms with Gasteiger partial charge in [-0.25, -0.2) is 9.18 Å². The number of aliphatic carboxylic acids is 1. The second-order valence-electron chi connectivity index (χ2n) is 7.64. The van der Waals surface area contributed by atoms with Gasteiger partial charge in [-0.05, 0) is 31.3 Å². The average molecular weight is 377 g/mol. The van der Waals surface area contributed by atoms with Crippen LogP contribution in [0.4, 0.5) is 4.39 Å². The summed E-state index contributed by atoms with van der Waals surface area (Å²) in [5.74, 6) is -2.22. The van der Waals surface area contributed by atoms with Crippen molar-refractivity contribution in [2.24, 2.45) is 17.6 Å². The Kier molecular flexibility index (Phi) is 4.55. The van der Waals surface area contributed by atoms with Gasteiger partial charge in [0.2, 0.25) is 0 Å². The Labute approximate surface area is 156 Å². The number of carbonyl (C=O) groups is 2. The number of hydrogen-bond donors (Lipinski definition) is 2. The van der Waals surface area contributed by atoms with Crippen molar-refractivity contribution in [1.29, 1.82) is 0 Å². The van der Waals surface area contributed by atoms with E-state index in [9.17, 15) is 14.7 Å². The van der Waals surface area contributed by atoms with E-state index < -0.39 is 17.7 Å². The minimum atomic E-state index is -1.26. The maximum Gasteiger partial charge on any atom is 0.341 e. The number of morpholine rings is 1. The molecule has 3 aliphatic heterocycles. The summed E-state index contributed by atoms with van der Waals surface area (Å²) < 4.78 is 20.6. The summed E-state index contributed by atoms with van der Waals surface area (Å²) in [6.07, 6.45) is 4.59. The van der Waals surface area contributed by atoms with E-state index in [4.69, 9.17) is 10.5 Å². The topological polar surface area (TPSA) is 96.1 Å². The van der Waals surface area contributed by atoms with Crippen LogP contribution in [-0.2, 0) is 14.3 Å². The first-order chi connectivity index (χ1) is 12.9. The lowest BCUT2D eigenvalue weighted by Gasteiger charge is -2.44. The minimum absolute atomic E-state index is 0.112. The van der Waals surface area contributed by atoms with Gasteiger partial charge in [0.25, 0.3) is 5.91 Å². The molecular formula is C19H24FN3O4. The quantitative estimate of drug-likeness (QED) is 0.710. The van der Waals surface area contributed by atoms with E-state index >= 15 is 4.39 Å². The second-order valence-corrected chi connectivity index (χ2v) is 7.64. The van der Waals surface area contributed by atoms with Gasteiger partial charge in [0, 0.05) is 31.8 Å². The zero-order valence-electron chi connectivity index (χ0n) is 15.2. The van der Waals surface area contributed by atoms with Gasteiger partial charge in [0.05, 0.1) is 24.4 Å². The van der Waals surface area contributed by atoms with Crippen molar-refractivity contribution in [1.82, 2.24) is 9.80 Å². The number of fused-ring (bicyclic) bond motifs is 1. The molecule has 2 fully saturated rings. The smallest absolute Gasteiger partial charge is 0.341 e. The maximum absolute atomic E-state index is 15.1. The van der Waals surface area contributed by atoms with Crippen molar-refractivity contribution < 1.29 is 23.8 Å². The predicted molar refractivity (Wildman–Crippen MR) is 94.8 cm³/mol. The van der Waals surface area contributed by atoms with Crippen LogP contribution in [0.25, 0.3) is 0 Å². The molecule has 0 radical (unpaired) electrons. The second kappa shape index (κ2) is 6.76. The fraction of sp³-hybridized carbons (Fsp3) is 0.579. The zero-order chi connectivity index (χ0) is 19.3. The minimum Gasteiger partial charge on any atom is -0.478 e. The zero-order valence-corrected chi connectivity index (χ0v) is 15.2. The third-order valence-electron chi connectivity index (χ3n) is 5.90. The number of nitrogens with two attached hydrogens (primary N) is 1. The molecule has 0 aromatic rings. The Bertz CT molecular complexity index is 771. The van der Waals surface area contributed by atoms with Gasteiger partial charge in [-0.2, -0.15) is 0 Å². The SMILES string of the molecule is CC1=C(N2CCO[C@H](CN)C2)C(F)=CN2C(=O)C(C(=O)O)=CC(C3CC3)C12. The van der Waals surface area contributed by atoms with Gasteiger partial charge < -0.3 is 25.4 Å². The highest BCUT2D eigenvalue weighted by atomic mass is 19.1. The summed E-state index contributed by atoms with van der Waals surface area (Å²) >= 11 is 0. The van der Waals surface area contributed by atoms with E-state index in [-0.39, 0.29) is 23.6 Å². The molecule has 0 bridgehead atoms. The van der Waals surface area contributed by atoms with Crippen molar-refractivity contribution in [2.45, 2.75) is 31.9 Å². The number of allylic oxidation sites excluding steroid dienone is 1. The van der Waals surface area contributed by atoms with Crippen LogP contribution in [0.2, 0.25) is 0 Å². The van der Waals surface area contributed by atoms with Gasteiger partial charge in [-0.3, -0.25) is 4.79 Å². The first-order valence-electron chi connectivity index (χ1n) is 9.35. The molecule has 4 aliphatic rings. The van der Waals surface area contributed by atoms with E-state index in [0.29, 0.717) is 37.9 Å². The van der Waals surface area contributed by atoms with Crippen molar-refractivity contribution >= 4 is 11.9 Å². The molecule has 3 heterocycles. The van der Waals surface area contributed by atoms with Crippen LogP contribution in [0.1, 0.15) is 19.8 Å². The fourth-order valence-electron chi connectivity index (χ4n) is 4.46. The number of carboxylic acid groups (broad SMARTS) is 1. The molecule has 2 unspecified atom stereocenters. The molecule has 27 heavy (non-hydrogen) atoms. The monoisotopic (exact) mass is 377 g/mol. The largest absolute Gasteiger partial charge is 0.478 e. The summed E-state index contributed by atoms with van der Waals surface area (Å²) in [5, 5.41) is 9.39. The van der Waals surface area contributed by atoms with E-state index in [0.717, 1.165) is 18.4 Å². The number of rotatable bonds is 4. The lowest BCUT2D eigenvalue weighted by molar-refractivity contribution is -0.138. The van der Waals surface area contributed by atoms with Crippen LogP contribution >= 0.6 is 0 Å². The van der Waals surface area contributed by atoms with Crippen molar-refractivity contribution in [3.05, 3.63) is 34.9 Å². The Hall–Kier alpha value is -2.19. The summed E-state index contributed by atoms with van der Waals surface area (Å²) in [7, 11) is 0.